The minimum atomic E-state index is -1.15. The van der Waals surface area contributed by atoms with Crippen LogP contribution in [0.2, 0.25) is 0 Å². The molecule has 0 bridgehead atoms. The van der Waals surface area contributed by atoms with Crippen molar-refractivity contribution in [2.45, 2.75) is 13.3 Å². The molecule has 4 N–H and O–H groups in total. The molecule has 23 heavy (non-hydrogen) atoms. The fourth-order valence-corrected chi connectivity index (χ4v) is 2.57. The number of nitrogens with one attached hydrogen (secondary N) is 1. The van der Waals surface area contributed by atoms with Crippen LogP contribution in [0.25, 0.3) is 22.0 Å². The first-order valence-corrected chi connectivity index (χ1v) is 7.30. The molecule has 2 aliphatic carbocycles. The van der Waals surface area contributed by atoms with Gasteiger partial charge in [-0.3, -0.25) is 4.79 Å². The molecule has 0 saturated heterocycles. The number of aromatic amines is 1. The van der Waals surface area contributed by atoms with E-state index in [1.165, 1.54) is 11.1 Å². The lowest BCUT2D eigenvalue weighted by molar-refractivity contribution is 0.0689. The average molecular weight is 308 g/mol. The molecule has 2 aromatic rings. The predicted octanol–water partition coefficient (Wildman–Crippen LogP) is 3.04. The molecule has 0 fully saturated rings. The summed E-state index contributed by atoms with van der Waals surface area (Å²) in [5.41, 5.74) is 9.24. The minimum absolute atomic E-state index is 0.0806. The summed E-state index contributed by atoms with van der Waals surface area (Å²) in [6.07, 6.45) is 0.363. The van der Waals surface area contributed by atoms with Crippen LogP contribution in [0.4, 0.5) is 5.69 Å². The number of nitrogen functional groups attached to an aromatic ring is 1. The maximum atomic E-state index is 12.1. The number of aromatic carboxylic acids is 1. The lowest BCUT2D eigenvalue weighted by Crippen LogP contribution is -2.18. The Morgan fingerprint density at radius 2 is 1.83 bits per heavy atom. The second-order valence-electron chi connectivity index (χ2n) is 5.32. The van der Waals surface area contributed by atoms with E-state index < -0.39 is 5.97 Å². The molecule has 0 unspecified atom stereocenters. The fraction of sp³-hybridized carbons (Fsp3) is 0.111. The van der Waals surface area contributed by atoms with Crippen molar-refractivity contribution in [3.63, 3.8) is 0 Å². The average Bonchev–Trinajstić information content (AvgIpc) is 3.14. The number of para-hydroxylation sites is 1. The first-order valence-electron chi connectivity index (χ1n) is 7.30. The Bertz CT molecular complexity index is 956. The first kappa shape index (κ1) is 14.8. The van der Waals surface area contributed by atoms with Crippen molar-refractivity contribution in [1.82, 2.24) is 4.98 Å². The van der Waals surface area contributed by atoms with Crippen molar-refractivity contribution in [1.29, 1.82) is 0 Å². The third-order valence-electron chi connectivity index (χ3n) is 3.85. The summed E-state index contributed by atoms with van der Waals surface area (Å²) in [6, 6.07) is 13.4. The van der Waals surface area contributed by atoms with Gasteiger partial charge in [-0.1, -0.05) is 31.2 Å². The second-order valence-corrected chi connectivity index (χ2v) is 5.32. The van der Waals surface area contributed by atoms with Crippen molar-refractivity contribution in [2.24, 2.45) is 0 Å². The summed E-state index contributed by atoms with van der Waals surface area (Å²) in [5.74, 6) is -1.15. The number of aromatic nitrogens is 1. The van der Waals surface area contributed by atoms with Gasteiger partial charge in [0.25, 0.3) is 0 Å². The Kier molecular flexibility index (Phi) is 3.62. The van der Waals surface area contributed by atoms with Crippen LogP contribution in [0.3, 0.4) is 0 Å². The number of anilines is 1. The van der Waals surface area contributed by atoms with Gasteiger partial charge in [-0.15, -0.1) is 0 Å². The highest BCUT2D eigenvalue weighted by atomic mass is 16.4. The topological polar surface area (TPSA) is 96.2 Å². The normalized spacial score (nSPS) is 10.8. The van der Waals surface area contributed by atoms with Crippen molar-refractivity contribution < 1.29 is 9.90 Å². The van der Waals surface area contributed by atoms with Crippen molar-refractivity contribution in [2.75, 3.05) is 5.73 Å². The number of hydrogen-bond donors (Lipinski definition) is 3. The van der Waals surface area contributed by atoms with Gasteiger partial charge in [0.2, 0.25) is 0 Å². The van der Waals surface area contributed by atoms with E-state index in [1.54, 1.807) is 25.1 Å². The Morgan fingerprint density at radius 3 is 2.30 bits per heavy atom. The van der Waals surface area contributed by atoms with E-state index in [-0.39, 0.29) is 16.7 Å². The first-order chi connectivity index (χ1) is 11.0. The molecule has 5 nitrogen and oxygen atoms in total. The number of carboxylic acid groups (broad SMARTS) is 1. The van der Waals surface area contributed by atoms with Gasteiger partial charge in [0.05, 0.1) is 11.2 Å². The summed E-state index contributed by atoms with van der Waals surface area (Å²) >= 11 is 0. The highest BCUT2D eigenvalue weighted by Gasteiger charge is 2.16. The van der Waals surface area contributed by atoms with E-state index in [1.807, 2.05) is 0 Å². The van der Waals surface area contributed by atoms with Crippen LogP contribution in [0.1, 0.15) is 23.0 Å². The monoisotopic (exact) mass is 308 g/mol. The molecule has 116 valence electrons. The molecule has 0 saturated carbocycles. The molecule has 0 spiro atoms. The number of benzene rings is 2. The quantitative estimate of drug-likeness (QED) is 0.496. The number of nitrogens with two attached hydrogens (primary N) is 1. The van der Waals surface area contributed by atoms with Crippen LogP contribution >= 0.6 is 0 Å². The molecule has 5 heteroatoms. The van der Waals surface area contributed by atoms with Crippen molar-refractivity contribution in [3.05, 3.63) is 63.9 Å². The molecule has 1 aromatic heterocycles. The largest absolute Gasteiger partial charge is 0.477 e. The van der Waals surface area contributed by atoms with Gasteiger partial charge in [0.1, 0.15) is 5.69 Å². The maximum absolute atomic E-state index is 12.1. The Morgan fingerprint density at radius 1 is 1.17 bits per heavy atom. The summed E-state index contributed by atoms with van der Waals surface area (Å²) < 4.78 is 0. The lowest BCUT2D eigenvalue weighted by Gasteiger charge is -2.07. The zero-order valence-electron chi connectivity index (χ0n) is 12.6. The summed E-state index contributed by atoms with van der Waals surface area (Å²) in [7, 11) is 0. The number of fused-ring (bicyclic) bond motifs is 2. The predicted molar refractivity (Wildman–Crippen MR) is 90.8 cm³/mol. The fourth-order valence-electron chi connectivity index (χ4n) is 2.57. The number of rotatable bonds is 2. The van der Waals surface area contributed by atoms with Gasteiger partial charge >= 0.3 is 5.97 Å². The molecular formula is C18H16N2O3. The van der Waals surface area contributed by atoms with Gasteiger partial charge in [-0.25, -0.2) is 4.79 Å². The van der Waals surface area contributed by atoms with Gasteiger partial charge in [0, 0.05) is 10.9 Å². The number of pyridine rings is 1. The van der Waals surface area contributed by atoms with Gasteiger partial charge in [0.15, 0.2) is 5.43 Å². The standard InChI is InChI=1S/C12H12N2O3.C6H4/c1-2-6-10(12(16)17)14-9-7(11(6)15)4-3-5-8(9)13;1-2-5-4-6(5)3-1/h3-5H,2,13H2,1H3,(H,14,15)(H,16,17);1-4H. The van der Waals surface area contributed by atoms with E-state index in [4.69, 9.17) is 10.8 Å². The van der Waals surface area contributed by atoms with Crippen LogP contribution in [0, 0.1) is 0 Å². The van der Waals surface area contributed by atoms with Crippen LogP contribution in [0.15, 0.2) is 47.3 Å². The van der Waals surface area contributed by atoms with Crippen LogP contribution < -0.4 is 11.2 Å². The van der Waals surface area contributed by atoms with Gasteiger partial charge in [-0.05, 0) is 35.7 Å². The Balaban J connectivity index is 0.000000213. The molecule has 0 atom stereocenters. The molecule has 2 aliphatic rings. The number of carboxylic acids is 1. The molecule has 0 radical (unpaired) electrons. The minimum Gasteiger partial charge on any atom is -0.477 e. The zero-order chi connectivity index (χ0) is 16.6. The summed E-state index contributed by atoms with van der Waals surface area (Å²) in [4.78, 5) is 25.9. The van der Waals surface area contributed by atoms with Crippen LogP contribution in [0.5, 0.6) is 0 Å². The molecule has 4 rings (SSSR count). The van der Waals surface area contributed by atoms with E-state index >= 15 is 0 Å². The molecule has 0 amide bonds. The van der Waals surface area contributed by atoms with E-state index in [0.717, 1.165) is 0 Å². The summed E-state index contributed by atoms with van der Waals surface area (Å²) in [6.45, 7) is 1.75. The third-order valence-corrected chi connectivity index (χ3v) is 3.85. The Labute approximate surface area is 132 Å². The molecular weight excluding hydrogens is 292 g/mol. The SMILES string of the molecule is CCc1c(C(=O)O)[nH]c2c(N)cccc2c1=O.c1cc2cc-2c1. The zero-order valence-corrected chi connectivity index (χ0v) is 12.6. The van der Waals surface area contributed by atoms with E-state index in [9.17, 15) is 9.59 Å². The van der Waals surface area contributed by atoms with Crippen LogP contribution in [-0.4, -0.2) is 16.1 Å². The number of H-pyrrole nitrogens is 1. The van der Waals surface area contributed by atoms with Crippen molar-refractivity contribution >= 4 is 22.6 Å². The number of carbonyl (C=O) groups is 1. The maximum Gasteiger partial charge on any atom is 0.352 e. The molecule has 1 heterocycles. The van der Waals surface area contributed by atoms with Gasteiger partial charge < -0.3 is 15.8 Å². The smallest absolute Gasteiger partial charge is 0.352 e. The Hall–Kier alpha value is -3.08. The highest BCUT2D eigenvalue weighted by molar-refractivity contribution is 5.95. The van der Waals surface area contributed by atoms with E-state index in [0.29, 0.717) is 23.0 Å². The third kappa shape index (κ3) is 2.68. The van der Waals surface area contributed by atoms with E-state index in [2.05, 4.69) is 29.2 Å². The summed E-state index contributed by atoms with van der Waals surface area (Å²) in [5, 5.41) is 9.48. The second kappa shape index (κ2) is 5.61. The highest BCUT2D eigenvalue weighted by Crippen LogP contribution is 2.32. The number of hydrogen-bond acceptors (Lipinski definition) is 3. The lowest BCUT2D eigenvalue weighted by atomic mass is 10.1. The molecule has 0 aliphatic heterocycles. The molecule has 1 aromatic carbocycles. The van der Waals surface area contributed by atoms with Crippen LogP contribution in [-0.2, 0) is 6.42 Å². The van der Waals surface area contributed by atoms with Crippen molar-refractivity contribution in [3.8, 4) is 11.1 Å². The van der Waals surface area contributed by atoms with Gasteiger partial charge in [-0.2, -0.15) is 0 Å².